The molecule has 0 amide bonds. The Labute approximate surface area is 65.3 Å². The smallest absolute Gasteiger partial charge is 0.143 e. The summed E-state index contributed by atoms with van der Waals surface area (Å²) in [4.78, 5) is 8.22. The molecule has 1 aromatic rings. The molecule has 0 saturated heterocycles. The van der Waals surface area contributed by atoms with E-state index in [2.05, 4.69) is 9.97 Å². The highest BCUT2D eigenvalue weighted by molar-refractivity contribution is 6.16. The monoisotopic (exact) mass is 156 g/mol. The third-order valence-electron chi connectivity index (χ3n) is 1.15. The van der Waals surface area contributed by atoms with Crippen molar-refractivity contribution in [3.05, 3.63) is 23.3 Å². The van der Waals surface area contributed by atoms with Crippen LogP contribution in [0.2, 0.25) is 0 Å². The Bertz CT molecular complexity index is 215. The van der Waals surface area contributed by atoms with Crippen LogP contribution in [0.15, 0.2) is 6.07 Å². The van der Waals surface area contributed by atoms with Crippen molar-refractivity contribution >= 4 is 11.6 Å². The Balaban J connectivity index is 3.06. The van der Waals surface area contributed by atoms with Crippen molar-refractivity contribution in [2.24, 2.45) is 0 Å². The molecule has 0 atom stereocenters. The van der Waals surface area contributed by atoms with E-state index in [9.17, 15) is 0 Å². The van der Waals surface area contributed by atoms with Gasteiger partial charge in [-0.05, 0) is 19.9 Å². The molecule has 1 aromatic heterocycles. The molecule has 0 fully saturated rings. The normalized spacial score (nSPS) is 9.90. The van der Waals surface area contributed by atoms with Gasteiger partial charge in [0.25, 0.3) is 0 Å². The van der Waals surface area contributed by atoms with E-state index < -0.39 is 0 Å². The Morgan fingerprint density at radius 3 is 2.20 bits per heavy atom. The molecule has 0 unspecified atom stereocenters. The van der Waals surface area contributed by atoms with E-state index in [0.717, 1.165) is 11.4 Å². The van der Waals surface area contributed by atoms with E-state index in [1.807, 2.05) is 19.9 Å². The molecule has 54 valence electrons. The molecule has 0 bridgehead atoms. The van der Waals surface area contributed by atoms with Gasteiger partial charge < -0.3 is 0 Å². The number of aromatic nitrogens is 2. The van der Waals surface area contributed by atoms with Gasteiger partial charge in [-0.2, -0.15) is 0 Å². The van der Waals surface area contributed by atoms with Crippen LogP contribution in [-0.2, 0) is 5.88 Å². The Morgan fingerprint density at radius 1 is 1.30 bits per heavy atom. The summed E-state index contributed by atoms with van der Waals surface area (Å²) in [6.07, 6.45) is 0. The second kappa shape index (κ2) is 2.97. The van der Waals surface area contributed by atoms with Crippen LogP contribution in [0.4, 0.5) is 0 Å². The maximum atomic E-state index is 5.55. The lowest BCUT2D eigenvalue weighted by molar-refractivity contribution is 0.960. The zero-order valence-electron chi connectivity index (χ0n) is 6.06. The number of hydrogen-bond acceptors (Lipinski definition) is 2. The minimum atomic E-state index is 0.391. The van der Waals surface area contributed by atoms with Gasteiger partial charge >= 0.3 is 0 Å². The highest BCUT2D eigenvalue weighted by Gasteiger charge is 1.95. The van der Waals surface area contributed by atoms with Gasteiger partial charge in [0.15, 0.2) is 0 Å². The third kappa shape index (κ3) is 1.67. The lowest BCUT2D eigenvalue weighted by Gasteiger charge is -1.97. The van der Waals surface area contributed by atoms with Crippen molar-refractivity contribution in [1.82, 2.24) is 9.97 Å². The van der Waals surface area contributed by atoms with Crippen LogP contribution in [0.5, 0.6) is 0 Å². The largest absolute Gasteiger partial charge is 0.237 e. The maximum Gasteiger partial charge on any atom is 0.143 e. The van der Waals surface area contributed by atoms with Crippen molar-refractivity contribution < 1.29 is 0 Å². The number of alkyl halides is 1. The van der Waals surface area contributed by atoms with E-state index in [-0.39, 0.29) is 0 Å². The van der Waals surface area contributed by atoms with Crippen LogP contribution in [0, 0.1) is 13.8 Å². The van der Waals surface area contributed by atoms with Crippen molar-refractivity contribution in [1.29, 1.82) is 0 Å². The number of nitrogens with zero attached hydrogens (tertiary/aromatic N) is 2. The first-order chi connectivity index (χ1) is 4.72. The summed E-state index contributed by atoms with van der Waals surface area (Å²) in [5.41, 5.74) is 1.95. The van der Waals surface area contributed by atoms with Gasteiger partial charge in [0, 0.05) is 11.4 Å². The molecule has 0 radical (unpaired) electrons. The van der Waals surface area contributed by atoms with Crippen LogP contribution in [-0.4, -0.2) is 9.97 Å². The molecule has 1 heterocycles. The molecule has 0 aromatic carbocycles. The van der Waals surface area contributed by atoms with Gasteiger partial charge in [0.1, 0.15) is 5.82 Å². The topological polar surface area (TPSA) is 25.8 Å². The third-order valence-corrected chi connectivity index (χ3v) is 1.39. The summed E-state index contributed by atoms with van der Waals surface area (Å²) in [7, 11) is 0. The zero-order valence-corrected chi connectivity index (χ0v) is 6.81. The maximum absolute atomic E-state index is 5.55. The van der Waals surface area contributed by atoms with Gasteiger partial charge in [-0.3, -0.25) is 0 Å². The average Bonchev–Trinajstić information content (AvgIpc) is 1.85. The Hall–Kier alpha value is -0.630. The van der Waals surface area contributed by atoms with E-state index in [1.54, 1.807) is 0 Å². The van der Waals surface area contributed by atoms with Gasteiger partial charge in [0.05, 0.1) is 5.88 Å². The fourth-order valence-corrected chi connectivity index (χ4v) is 0.978. The molecule has 1 rings (SSSR count). The van der Waals surface area contributed by atoms with E-state index in [0.29, 0.717) is 11.7 Å². The average molecular weight is 157 g/mol. The molecule has 0 spiro atoms. The Kier molecular flexibility index (Phi) is 2.22. The van der Waals surface area contributed by atoms with Crippen LogP contribution in [0.3, 0.4) is 0 Å². The number of halogens is 1. The van der Waals surface area contributed by atoms with Crippen molar-refractivity contribution in [2.75, 3.05) is 0 Å². The lowest BCUT2D eigenvalue weighted by Crippen LogP contribution is -1.95. The summed E-state index contributed by atoms with van der Waals surface area (Å²) < 4.78 is 0. The van der Waals surface area contributed by atoms with Crippen molar-refractivity contribution in [3.63, 3.8) is 0 Å². The van der Waals surface area contributed by atoms with E-state index in [4.69, 9.17) is 11.6 Å². The fraction of sp³-hybridized carbons (Fsp3) is 0.429. The molecule has 10 heavy (non-hydrogen) atoms. The molecule has 2 nitrogen and oxygen atoms in total. The molecule has 0 aliphatic rings. The van der Waals surface area contributed by atoms with Crippen LogP contribution >= 0.6 is 11.6 Å². The summed E-state index contributed by atoms with van der Waals surface area (Å²) in [5.74, 6) is 1.10. The minimum Gasteiger partial charge on any atom is -0.237 e. The van der Waals surface area contributed by atoms with E-state index in [1.165, 1.54) is 0 Å². The first kappa shape index (κ1) is 7.48. The summed E-state index contributed by atoms with van der Waals surface area (Å²) in [6, 6.07) is 1.93. The standard InChI is InChI=1S/C7H9ClN2/c1-5-3-6(2)10-7(4-8)9-5/h3H,4H2,1-2H3. The second-order valence-electron chi connectivity index (χ2n) is 2.20. The highest BCUT2D eigenvalue weighted by Crippen LogP contribution is 2.00. The first-order valence-electron chi connectivity index (χ1n) is 3.09. The Morgan fingerprint density at radius 2 is 1.80 bits per heavy atom. The van der Waals surface area contributed by atoms with E-state index >= 15 is 0 Å². The van der Waals surface area contributed by atoms with Gasteiger partial charge in [-0.15, -0.1) is 11.6 Å². The zero-order chi connectivity index (χ0) is 7.56. The second-order valence-corrected chi connectivity index (χ2v) is 2.47. The summed E-state index contributed by atoms with van der Waals surface area (Å²) in [6.45, 7) is 3.87. The highest BCUT2D eigenvalue weighted by atomic mass is 35.5. The predicted molar refractivity (Wildman–Crippen MR) is 41.1 cm³/mol. The van der Waals surface area contributed by atoms with Crippen molar-refractivity contribution in [3.8, 4) is 0 Å². The fourth-order valence-electron chi connectivity index (χ4n) is 0.859. The molecular weight excluding hydrogens is 148 g/mol. The minimum absolute atomic E-state index is 0.391. The van der Waals surface area contributed by atoms with Gasteiger partial charge in [-0.1, -0.05) is 0 Å². The number of hydrogen-bond donors (Lipinski definition) is 0. The number of rotatable bonds is 1. The SMILES string of the molecule is Cc1cc(C)nc(CCl)n1. The van der Waals surface area contributed by atoms with Crippen molar-refractivity contribution in [2.45, 2.75) is 19.7 Å². The summed E-state index contributed by atoms with van der Waals surface area (Å²) >= 11 is 5.55. The molecule has 0 aliphatic carbocycles. The quantitative estimate of drug-likeness (QED) is 0.580. The van der Waals surface area contributed by atoms with Gasteiger partial charge in [-0.25, -0.2) is 9.97 Å². The van der Waals surface area contributed by atoms with Crippen LogP contribution in [0.1, 0.15) is 17.2 Å². The van der Waals surface area contributed by atoms with Gasteiger partial charge in [0.2, 0.25) is 0 Å². The summed E-state index contributed by atoms with van der Waals surface area (Å²) in [5, 5.41) is 0. The molecular formula is C7H9ClN2. The first-order valence-corrected chi connectivity index (χ1v) is 3.63. The molecule has 3 heteroatoms. The predicted octanol–water partition coefficient (Wildman–Crippen LogP) is 1.83. The number of aryl methyl sites for hydroxylation is 2. The van der Waals surface area contributed by atoms with Crippen LogP contribution in [0.25, 0.3) is 0 Å². The van der Waals surface area contributed by atoms with Crippen LogP contribution < -0.4 is 0 Å². The molecule has 0 saturated carbocycles. The molecule has 0 aliphatic heterocycles. The molecule has 0 N–H and O–H groups in total. The lowest BCUT2D eigenvalue weighted by atomic mass is 10.3.